The molecule has 0 bridgehead atoms. The van der Waals surface area contributed by atoms with E-state index in [0.29, 0.717) is 16.9 Å². The van der Waals surface area contributed by atoms with Gasteiger partial charge in [0, 0.05) is 25.7 Å². The Labute approximate surface area is 129 Å². The molecule has 0 aliphatic carbocycles. The summed E-state index contributed by atoms with van der Waals surface area (Å²) in [5, 5.41) is 4.35. The van der Waals surface area contributed by atoms with Crippen LogP contribution < -0.4 is 10.5 Å². The smallest absolute Gasteiger partial charge is 0.290 e. The van der Waals surface area contributed by atoms with E-state index in [-0.39, 0.29) is 11.3 Å². The van der Waals surface area contributed by atoms with Crippen molar-refractivity contribution in [3.63, 3.8) is 0 Å². The van der Waals surface area contributed by atoms with Gasteiger partial charge in [0.2, 0.25) is 0 Å². The first-order chi connectivity index (χ1) is 10.6. The topological polar surface area (TPSA) is 55.2 Å². The Morgan fingerprint density at radius 2 is 1.77 bits per heavy atom. The van der Waals surface area contributed by atoms with Crippen LogP contribution in [-0.4, -0.2) is 28.7 Å². The predicted octanol–water partition coefficient (Wildman–Crippen LogP) is 2.25. The van der Waals surface area contributed by atoms with Gasteiger partial charge in [-0.2, -0.15) is 5.10 Å². The van der Waals surface area contributed by atoms with Crippen LogP contribution in [0.2, 0.25) is 0 Å². The predicted molar refractivity (Wildman–Crippen MR) is 86.4 cm³/mol. The van der Waals surface area contributed by atoms with Crippen LogP contribution >= 0.6 is 0 Å². The summed E-state index contributed by atoms with van der Waals surface area (Å²) in [4.78, 5) is 26.9. The van der Waals surface area contributed by atoms with Crippen LogP contribution in [0.3, 0.4) is 0 Å². The third-order valence-electron chi connectivity index (χ3n) is 4.04. The molecule has 0 saturated carbocycles. The molecule has 0 radical (unpaired) electrons. The molecular formula is C17H19N3O2. The van der Waals surface area contributed by atoms with Gasteiger partial charge in [0.1, 0.15) is 11.4 Å². The van der Waals surface area contributed by atoms with Gasteiger partial charge in [-0.15, -0.1) is 0 Å². The second-order valence-electron chi connectivity index (χ2n) is 5.62. The zero-order valence-corrected chi connectivity index (χ0v) is 12.9. The summed E-state index contributed by atoms with van der Waals surface area (Å²) >= 11 is 0. The van der Waals surface area contributed by atoms with E-state index in [1.54, 1.807) is 7.05 Å². The van der Waals surface area contributed by atoms with Crippen LogP contribution in [0.4, 0.5) is 5.69 Å². The van der Waals surface area contributed by atoms with Crippen LogP contribution in [-0.2, 0) is 7.05 Å². The SMILES string of the molecule is CC(=O)c1c(-c2ccccc2)nn(C)c(=O)c1N1CCCC1. The number of aryl methyl sites for hydroxylation is 1. The maximum absolute atomic E-state index is 12.6. The molecule has 1 fully saturated rings. The number of carbonyl (C=O) groups excluding carboxylic acids is 1. The average Bonchev–Trinajstić information content (AvgIpc) is 3.04. The van der Waals surface area contributed by atoms with E-state index in [1.165, 1.54) is 11.6 Å². The Kier molecular flexibility index (Phi) is 3.79. The molecule has 22 heavy (non-hydrogen) atoms. The molecule has 2 heterocycles. The summed E-state index contributed by atoms with van der Waals surface area (Å²) in [5.74, 6) is -0.119. The number of nitrogens with zero attached hydrogens (tertiary/aromatic N) is 3. The maximum atomic E-state index is 12.6. The minimum atomic E-state index is -0.202. The van der Waals surface area contributed by atoms with Crippen LogP contribution in [0.1, 0.15) is 30.1 Å². The second kappa shape index (κ2) is 5.75. The summed E-state index contributed by atoms with van der Waals surface area (Å²) in [5.41, 5.74) is 2.17. The van der Waals surface area contributed by atoms with Gasteiger partial charge in [0.15, 0.2) is 5.78 Å². The van der Waals surface area contributed by atoms with E-state index >= 15 is 0 Å². The Morgan fingerprint density at radius 3 is 2.36 bits per heavy atom. The molecule has 3 rings (SSSR count). The second-order valence-corrected chi connectivity index (χ2v) is 5.62. The number of hydrogen-bond acceptors (Lipinski definition) is 4. The van der Waals surface area contributed by atoms with Crippen molar-refractivity contribution in [2.24, 2.45) is 7.05 Å². The molecule has 0 atom stereocenters. The lowest BCUT2D eigenvalue weighted by molar-refractivity contribution is 0.101. The number of anilines is 1. The molecule has 1 aromatic heterocycles. The van der Waals surface area contributed by atoms with E-state index in [0.717, 1.165) is 31.5 Å². The number of rotatable bonds is 3. The van der Waals surface area contributed by atoms with Crippen LogP contribution in [0.15, 0.2) is 35.1 Å². The Bertz CT molecular complexity index is 759. The summed E-state index contributed by atoms with van der Waals surface area (Å²) in [7, 11) is 1.64. The van der Waals surface area contributed by atoms with Gasteiger partial charge in [-0.3, -0.25) is 9.59 Å². The normalized spacial score (nSPS) is 14.4. The van der Waals surface area contributed by atoms with Crippen molar-refractivity contribution < 1.29 is 4.79 Å². The number of ketones is 1. The zero-order valence-electron chi connectivity index (χ0n) is 12.9. The lowest BCUT2D eigenvalue weighted by Gasteiger charge is -2.22. The quantitative estimate of drug-likeness (QED) is 0.815. The highest BCUT2D eigenvalue weighted by Gasteiger charge is 2.26. The summed E-state index contributed by atoms with van der Waals surface area (Å²) in [6, 6.07) is 9.55. The highest BCUT2D eigenvalue weighted by molar-refractivity contribution is 6.04. The van der Waals surface area contributed by atoms with Crippen molar-refractivity contribution in [2.45, 2.75) is 19.8 Å². The standard InChI is InChI=1S/C17H19N3O2/c1-12(21)14-15(13-8-4-3-5-9-13)18-19(2)17(22)16(14)20-10-6-7-11-20/h3-5,8-9H,6-7,10-11H2,1-2H3. The Hall–Kier alpha value is -2.43. The Morgan fingerprint density at radius 1 is 1.14 bits per heavy atom. The molecule has 1 saturated heterocycles. The number of Topliss-reactive ketones (excluding diaryl/α,β-unsaturated/α-hetero) is 1. The van der Waals surface area contributed by atoms with Gasteiger partial charge >= 0.3 is 0 Å². The number of aromatic nitrogens is 2. The molecule has 0 amide bonds. The zero-order chi connectivity index (χ0) is 15.7. The van der Waals surface area contributed by atoms with E-state index in [2.05, 4.69) is 5.10 Å². The van der Waals surface area contributed by atoms with Gasteiger partial charge in [0.05, 0.1) is 5.56 Å². The minimum absolute atomic E-state index is 0.119. The third kappa shape index (κ3) is 2.43. The first-order valence-corrected chi connectivity index (χ1v) is 7.52. The van der Waals surface area contributed by atoms with Crippen molar-refractivity contribution in [1.82, 2.24) is 9.78 Å². The maximum Gasteiger partial charge on any atom is 0.290 e. The van der Waals surface area contributed by atoms with Crippen LogP contribution in [0.5, 0.6) is 0 Å². The van der Waals surface area contributed by atoms with Gasteiger partial charge in [-0.1, -0.05) is 30.3 Å². The van der Waals surface area contributed by atoms with Gasteiger partial charge in [0.25, 0.3) is 5.56 Å². The summed E-state index contributed by atoms with van der Waals surface area (Å²) in [6.07, 6.45) is 2.09. The van der Waals surface area contributed by atoms with Gasteiger partial charge in [-0.25, -0.2) is 4.68 Å². The van der Waals surface area contributed by atoms with Crippen LogP contribution in [0, 0.1) is 0 Å². The fourth-order valence-corrected chi connectivity index (χ4v) is 2.98. The largest absolute Gasteiger partial charge is 0.366 e. The van der Waals surface area contributed by atoms with Crippen molar-refractivity contribution in [3.8, 4) is 11.3 Å². The first-order valence-electron chi connectivity index (χ1n) is 7.52. The van der Waals surface area contributed by atoms with Gasteiger partial charge in [-0.05, 0) is 19.8 Å². The molecule has 1 aliphatic rings. The molecule has 5 heteroatoms. The molecule has 0 unspecified atom stereocenters. The summed E-state index contributed by atoms with van der Waals surface area (Å²) < 4.78 is 1.34. The molecule has 0 spiro atoms. The minimum Gasteiger partial charge on any atom is -0.366 e. The molecule has 0 N–H and O–H groups in total. The van der Waals surface area contributed by atoms with Crippen molar-refractivity contribution >= 4 is 11.5 Å². The highest BCUT2D eigenvalue weighted by atomic mass is 16.1. The fraction of sp³-hybridized carbons (Fsp3) is 0.353. The fourth-order valence-electron chi connectivity index (χ4n) is 2.98. The van der Waals surface area contributed by atoms with E-state index in [9.17, 15) is 9.59 Å². The lowest BCUT2D eigenvalue weighted by atomic mass is 10.0. The van der Waals surface area contributed by atoms with E-state index in [1.807, 2.05) is 35.2 Å². The molecule has 5 nitrogen and oxygen atoms in total. The first kappa shape index (κ1) is 14.5. The summed E-state index contributed by atoms with van der Waals surface area (Å²) in [6.45, 7) is 3.13. The highest BCUT2D eigenvalue weighted by Crippen LogP contribution is 2.29. The van der Waals surface area contributed by atoms with Gasteiger partial charge < -0.3 is 4.90 Å². The van der Waals surface area contributed by atoms with Crippen LogP contribution in [0.25, 0.3) is 11.3 Å². The molecular weight excluding hydrogens is 278 g/mol. The van der Waals surface area contributed by atoms with E-state index in [4.69, 9.17) is 0 Å². The molecule has 114 valence electrons. The Balaban J connectivity index is 2.31. The van der Waals surface area contributed by atoms with Crippen molar-refractivity contribution in [1.29, 1.82) is 0 Å². The average molecular weight is 297 g/mol. The third-order valence-corrected chi connectivity index (χ3v) is 4.04. The number of hydrogen-bond donors (Lipinski definition) is 0. The molecule has 2 aromatic rings. The van der Waals surface area contributed by atoms with Crippen molar-refractivity contribution in [2.75, 3.05) is 18.0 Å². The monoisotopic (exact) mass is 297 g/mol. The number of carbonyl (C=O) groups is 1. The molecule has 1 aromatic carbocycles. The number of benzene rings is 1. The van der Waals surface area contributed by atoms with Crippen molar-refractivity contribution in [3.05, 3.63) is 46.2 Å². The van der Waals surface area contributed by atoms with E-state index < -0.39 is 0 Å². The lowest BCUT2D eigenvalue weighted by Crippen LogP contribution is -2.33. The molecule has 1 aliphatic heterocycles.